The predicted molar refractivity (Wildman–Crippen MR) is 83.6 cm³/mol. The van der Waals surface area contributed by atoms with Crippen LogP contribution in [0.25, 0.3) is 20.8 Å². The van der Waals surface area contributed by atoms with Gasteiger partial charge in [0.2, 0.25) is 0 Å². The van der Waals surface area contributed by atoms with Gasteiger partial charge in [0.25, 0.3) is 0 Å². The molecule has 0 spiro atoms. The molecular formula is C14H12ClN3S. The highest BCUT2D eigenvalue weighted by molar-refractivity contribution is 7.21. The summed E-state index contributed by atoms with van der Waals surface area (Å²) in [5, 5.41) is 1.54. The number of hydrogen-bond acceptors (Lipinski definition) is 4. The second kappa shape index (κ2) is 4.40. The third kappa shape index (κ3) is 2.03. The van der Waals surface area contributed by atoms with E-state index < -0.39 is 0 Å². The zero-order chi connectivity index (χ0) is 13.6. The highest BCUT2D eigenvalue weighted by Gasteiger charge is 2.11. The summed E-state index contributed by atoms with van der Waals surface area (Å²) in [5.74, 6) is 0. The standard InChI is InChI=1S/C14H12ClN3S/c1-7-10(16)5-8(6-11(7)17)14-18-13-9(15)3-2-4-12(13)19-14/h2-6H,16-17H2,1H3. The van der Waals surface area contributed by atoms with Gasteiger partial charge in [0.15, 0.2) is 0 Å². The molecule has 0 unspecified atom stereocenters. The highest BCUT2D eigenvalue weighted by Crippen LogP contribution is 2.35. The number of thiazole rings is 1. The summed E-state index contributed by atoms with van der Waals surface area (Å²) in [7, 11) is 0. The molecule has 4 N–H and O–H groups in total. The zero-order valence-corrected chi connectivity index (χ0v) is 11.8. The van der Waals surface area contributed by atoms with Crippen molar-refractivity contribution in [2.45, 2.75) is 6.92 Å². The van der Waals surface area contributed by atoms with Gasteiger partial charge >= 0.3 is 0 Å². The lowest BCUT2D eigenvalue weighted by atomic mass is 10.1. The Balaban J connectivity index is 2.22. The first-order chi connectivity index (χ1) is 9.06. The Labute approximate surface area is 119 Å². The van der Waals surface area contributed by atoms with Crippen LogP contribution >= 0.6 is 22.9 Å². The van der Waals surface area contributed by atoms with Crippen molar-refractivity contribution in [1.82, 2.24) is 4.98 Å². The van der Waals surface area contributed by atoms with Gasteiger partial charge in [-0.3, -0.25) is 0 Å². The molecule has 96 valence electrons. The molecule has 3 nitrogen and oxygen atoms in total. The Morgan fingerprint density at radius 1 is 1.16 bits per heavy atom. The van der Waals surface area contributed by atoms with E-state index >= 15 is 0 Å². The average molecular weight is 290 g/mol. The monoisotopic (exact) mass is 289 g/mol. The van der Waals surface area contributed by atoms with Crippen LogP contribution in [0.15, 0.2) is 30.3 Å². The largest absolute Gasteiger partial charge is 0.398 e. The quantitative estimate of drug-likeness (QED) is 0.663. The maximum Gasteiger partial charge on any atom is 0.124 e. The van der Waals surface area contributed by atoms with Crippen molar-refractivity contribution in [2.75, 3.05) is 11.5 Å². The highest BCUT2D eigenvalue weighted by atomic mass is 35.5. The van der Waals surface area contributed by atoms with Gasteiger partial charge in [-0.05, 0) is 36.8 Å². The third-order valence-corrected chi connectivity index (χ3v) is 4.48. The van der Waals surface area contributed by atoms with E-state index in [0.717, 1.165) is 26.4 Å². The van der Waals surface area contributed by atoms with Crippen LogP contribution in [-0.2, 0) is 0 Å². The molecule has 2 aromatic carbocycles. The third-order valence-electron chi connectivity index (χ3n) is 3.10. The van der Waals surface area contributed by atoms with Crippen molar-refractivity contribution >= 4 is 44.5 Å². The van der Waals surface area contributed by atoms with Crippen LogP contribution < -0.4 is 11.5 Å². The molecule has 1 aromatic heterocycles. The first-order valence-electron chi connectivity index (χ1n) is 5.77. The number of nitrogens with zero attached hydrogens (tertiary/aromatic N) is 1. The second-order valence-electron chi connectivity index (χ2n) is 4.39. The number of nitrogens with two attached hydrogens (primary N) is 2. The number of nitrogen functional groups attached to an aromatic ring is 2. The van der Waals surface area contributed by atoms with E-state index in [1.807, 2.05) is 37.3 Å². The maximum atomic E-state index is 6.14. The Bertz CT molecular complexity index is 756. The number of anilines is 2. The number of fused-ring (bicyclic) bond motifs is 1. The van der Waals surface area contributed by atoms with Crippen LogP contribution in [0.1, 0.15) is 5.56 Å². The van der Waals surface area contributed by atoms with Gasteiger partial charge in [-0.15, -0.1) is 11.3 Å². The number of para-hydroxylation sites is 1. The van der Waals surface area contributed by atoms with E-state index in [-0.39, 0.29) is 0 Å². The molecular weight excluding hydrogens is 278 g/mol. The van der Waals surface area contributed by atoms with Crippen molar-refractivity contribution in [1.29, 1.82) is 0 Å². The molecule has 3 rings (SSSR count). The van der Waals surface area contributed by atoms with E-state index in [4.69, 9.17) is 23.1 Å². The molecule has 0 bridgehead atoms. The first kappa shape index (κ1) is 12.3. The van der Waals surface area contributed by atoms with Gasteiger partial charge in [0.1, 0.15) is 10.5 Å². The molecule has 0 atom stereocenters. The van der Waals surface area contributed by atoms with Crippen molar-refractivity contribution in [2.24, 2.45) is 0 Å². The van der Waals surface area contributed by atoms with E-state index in [0.29, 0.717) is 16.4 Å². The minimum Gasteiger partial charge on any atom is -0.398 e. The molecule has 0 fully saturated rings. The summed E-state index contributed by atoms with van der Waals surface area (Å²) in [6.45, 7) is 1.91. The number of aromatic nitrogens is 1. The van der Waals surface area contributed by atoms with Crippen molar-refractivity contribution in [3.05, 3.63) is 40.9 Å². The topological polar surface area (TPSA) is 64.9 Å². The van der Waals surface area contributed by atoms with E-state index in [1.165, 1.54) is 0 Å². The molecule has 0 aliphatic heterocycles. The van der Waals surface area contributed by atoms with E-state index in [2.05, 4.69) is 4.98 Å². The molecule has 0 aliphatic rings. The van der Waals surface area contributed by atoms with Gasteiger partial charge in [-0.1, -0.05) is 17.7 Å². The van der Waals surface area contributed by atoms with Gasteiger partial charge in [0.05, 0.1) is 9.72 Å². The minimum absolute atomic E-state index is 0.660. The van der Waals surface area contributed by atoms with Crippen LogP contribution in [0.2, 0.25) is 5.02 Å². The molecule has 0 amide bonds. The number of benzene rings is 2. The lowest BCUT2D eigenvalue weighted by Crippen LogP contribution is -1.96. The molecule has 0 saturated heterocycles. The Morgan fingerprint density at radius 2 is 1.84 bits per heavy atom. The van der Waals surface area contributed by atoms with Gasteiger partial charge in [-0.2, -0.15) is 0 Å². The molecule has 0 saturated carbocycles. The average Bonchev–Trinajstić information content (AvgIpc) is 2.81. The number of halogens is 1. The molecule has 0 aliphatic carbocycles. The van der Waals surface area contributed by atoms with Crippen molar-refractivity contribution in [3.8, 4) is 10.6 Å². The summed E-state index contributed by atoms with van der Waals surface area (Å²) in [4.78, 5) is 4.57. The summed E-state index contributed by atoms with van der Waals surface area (Å²) < 4.78 is 1.06. The Morgan fingerprint density at radius 3 is 2.47 bits per heavy atom. The zero-order valence-electron chi connectivity index (χ0n) is 10.3. The summed E-state index contributed by atoms with van der Waals surface area (Å²) in [5.41, 5.74) is 15.9. The fourth-order valence-corrected chi connectivity index (χ4v) is 3.17. The fourth-order valence-electron chi connectivity index (χ4n) is 1.92. The lowest BCUT2D eigenvalue weighted by molar-refractivity contribution is 1.44. The van der Waals surface area contributed by atoms with Crippen molar-refractivity contribution in [3.63, 3.8) is 0 Å². The number of hydrogen-bond donors (Lipinski definition) is 2. The first-order valence-corrected chi connectivity index (χ1v) is 6.96. The molecule has 3 aromatic rings. The van der Waals surface area contributed by atoms with E-state index in [9.17, 15) is 0 Å². The van der Waals surface area contributed by atoms with Crippen LogP contribution in [0.4, 0.5) is 11.4 Å². The smallest absolute Gasteiger partial charge is 0.124 e. The van der Waals surface area contributed by atoms with Crippen LogP contribution in [-0.4, -0.2) is 4.98 Å². The van der Waals surface area contributed by atoms with Crippen LogP contribution in [0.5, 0.6) is 0 Å². The predicted octanol–water partition coefficient (Wildman–Crippen LogP) is 4.09. The fraction of sp³-hybridized carbons (Fsp3) is 0.0714. The van der Waals surface area contributed by atoms with E-state index in [1.54, 1.807) is 11.3 Å². The normalized spacial score (nSPS) is 11.1. The van der Waals surface area contributed by atoms with Crippen LogP contribution in [0, 0.1) is 6.92 Å². The van der Waals surface area contributed by atoms with Gasteiger partial charge in [0, 0.05) is 16.9 Å². The van der Waals surface area contributed by atoms with Crippen molar-refractivity contribution < 1.29 is 0 Å². The maximum absolute atomic E-state index is 6.14. The van der Waals surface area contributed by atoms with Crippen LogP contribution in [0.3, 0.4) is 0 Å². The summed E-state index contributed by atoms with van der Waals surface area (Å²) in [6.07, 6.45) is 0. The minimum atomic E-state index is 0.660. The number of rotatable bonds is 1. The Hall–Kier alpha value is -1.78. The molecule has 5 heteroatoms. The SMILES string of the molecule is Cc1c(N)cc(-c2nc3c(Cl)cccc3s2)cc1N. The second-order valence-corrected chi connectivity index (χ2v) is 5.82. The molecule has 1 heterocycles. The van der Waals surface area contributed by atoms with Gasteiger partial charge < -0.3 is 11.5 Å². The molecule has 0 radical (unpaired) electrons. The van der Waals surface area contributed by atoms with Gasteiger partial charge in [-0.25, -0.2) is 4.98 Å². The Kier molecular flexibility index (Phi) is 2.84. The summed E-state index contributed by atoms with van der Waals surface area (Å²) in [6, 6.07) is 9.56. The molecule has 19 heavy (non-hydrogen) atoms. The lowest BCUT2D eigenvalue weighted by Gasteiger charge is -2.06. The summed E-state index contributed by atoms with van der Waals surface area (Å²) >= 11 is 7.72.